The smallest absolute Gasteiger partial charge is 0.305 e. The molecule has 0 unspecified atom stereocenters. The van der Waals surface area contributed by atoms with Gasteiger partial charge in [-0.05, 0) is 18.2 Å². The Morgan fingerprint density at radius 1 is 1.23 bits per heavy atom. The van der Waals surface area contributed by atoms with Gasteiger partial charge in [0.2, 0.25) is 5.91 Å². The Morgan fingerprint density at radius 3 is 2.53 bits per heavy atom. The molecule has 0 radical (unpaired) electrons. The maximum absolute atomic E-state index is 13.9. The first-order valence-electron chi connectivity index (χ1n) is 8.67. The Balaban J connectivity index is 2.13. The number of thiazole rings is 1. The zero-order valence-corrected chi connectivity index (χ0v) is 17.3. The van der Waals surface area contributed by atoms with Crippen molar-refractivity contribution in [3.63, 3.8) is 0 Å². The number of aromatic nitrogens is 3. The van der Waals surface area contributed by atoms with E-state index in [1.165, 1.54) is 18.5 Å². The minimum absolute atomic E-state index is 0.0861. The molecule has 0 aliphatic rings. The number of carbonyl (C=O) groups is 1. The lowest BCUT2D eigenvalue weighted by molar-refractivity contribution is -0.140. The van der Waals surface area contributed by atoms with E-state index in [1.54, 1.807) is 13.8 Å². The summed E-state index contributed by atoms with van der Waals surface area (Å²) >= 11 is 6.88. The summed E-state index contributed by atoms with van der Waals surface area (Å²) in [5, 5.41) is 0. The van der Waals surface area contributed by atoms with Crippen LogP contribution in [0.3, 0.4) is 0 Å². The van der Waals surface area contributed by atoms with Crippen LogP contribution in [0.4, 0.5) is 23.2 Å². The Hall–Kier alpha value is -2.59. The second-order valence-electron chi connectivity index (χ2n) is 6.61. The summed E-state index contributed by atoms with van der Waals surface area (Å²) in [6.45, 7) is 3.03. The highest BCUT2D eigenvalue weighted by Gasteiger charge is 2.39. The lowest BCUT2D eigenvalue weighted by Crippen LogP contribution is -2.35. The molecule has 0 aliphatic heterocycles. The van der Waals surface area contributed by atoms with E-state index < -0.39 is 35.2 Å². The molecule has 3 aromatic rings. The average molecular weight is 459 g/mol. The first-order valence-corrected chi connectivity index (χ1v) is 9.86. The summed E-state index contributed by atoms with van der Waals surface area (Å²) in [5.41, 5.74) is -1.69. The number of nitrogens with zero attached hydrogens (tertiary/aromatic N) is 4. The van der Waals surface area contributed by atoms with Crippen molar-refractivity contribution in [2.75, 3.05) is 4.90 Å². The van der Waals surface area contributed by atoms with Crippen LogP contribution in [-0.4, -0.2) is 20.9 Å². The van der Waals surface area contributed by atoms with Crippen LogP contribution in [0.2, 0.25) is 4.47 Å². The van der Waals surface area contributed by atoms with Gasteiger partial charge in [-0.3, -0.25) is 9.78 Å². The molecule has 158 valence electrons. The molecule has 0 bridgehead atoms. The minimum atomic E-state index is -4.85. The summed E-state index contributed by atoms with van der Waals surface area (Å²) in [6, 6.07) is 3.48. The molecule has 1 amide bonds. The van der Waals surface area contributed by atoms with E-state index in [1.807, 2.05) is 0 Å². The van der Waals surface area contributed by atoms with Gasteiger partial charge in [-0.15, -0.1) is 11.3 Å². The molecule has 0 fully saturated rings. The summed E-state index contributed by atoms with van der Waals surface area (Å²) in [5.74, 6) is -1.79. The lowest BCUT2D eigenvalue weighted by Gasteiger charge is -2.27. The number of hydrogen-bond donors (Lipinski definition) is 0. The van der Waals surface area contributed by atoms with E-state index in [-0.39, 0.29) is 22.3 Å². The number of hydrogen-bond acceptors (Lipinski definition) is 5. The van der Waals surface area contributed by atoms with Gasteiger partial charge in [0.05, 0.1) is 24.1 Å². The standard InChI is InChI=1S/C19H15ClF4N4OS/c1-10(2)17(29)28(9-13-8-26-18(20)30-13)15-4-3-14(27-16(15)19(22,23)24)11-5-12(21)7-25-6-11/h3-8,10H,9H2,1-2H3. The van der Waals surface area contributed by atoms with Gasteiger partial charge in [0.25, 0.3) is 0 Å². The Bertz CT molecular complexity index is 1070. The maximum Gasteiger partial charge on any atom is 0.435 e. The maximum atomic E-state index is 13.9. The van der Waals surface area contributed by atoms with Gasteiger partial charge in [-0.2, -0.15) is 13.2 Å². The number of carbonyl (C=O) groups excluding carboxylic acids is 1. The normalized spacial score (nSPS) is 11.7. The van der Waals surface area contributed by atoms with E-state index in [2.05, 4.69) is 15.0 Å². The number of amides is 1. The Labute approximate surface area is 178 Å². The molecule has 3 aromatic heterocycles. The van der Waals surface area contributed by atoms with Crippen molar-refractivity contribution in [2.24, 2.45) is 5.92 Å². The van der Waals surface area contributed by atoms with Crippen molar-refractivity contribution in [3.05, 3.63) is 57.6 Å². The van der Waals surface area contributed by atoms with Crippen LogP contribution in [0, 0.1) is 11.7 Å². The molecule has 0 aromatic carbocycles. The van der Waals surface area contributed by atoms with Crippen LogP contribution in [0.15, 0.2) is 36.8 Å². The van der Waals surface area contributed by atoms with Crippen LogP contribution in [0.25, 0.3) is 11.3 Å². The third kappa shape index (κ3) is 4.93. The van der Waals surface area contributed by atoms with Gasteiger partial charge in [0.15, 0.2) is 10.2 Å². The van der Waals surface area contributed by atoms with E-state index in [9.17, 15) is 22.4 Å². The van der Waals surface area contributed by atoms with Crippen molar-refractivity contribution >= 4 is 34.5 Å². The third-order valence-electron chi connectivity index (χ3n) is 4.03. The molecule has 3 heterocycles. The zero-order valence-electron chi connectivity index (χ0n) is 15.7. The van der Waals surface area contributed by atoms with Gasteiger partial charge in [0, 0.05) is 28.8 Å². The number of alkyl halides is 3. The minimum Gasteiger partial charge on any atom is -0.305 e. The molecule has 30 heavy (non-hydrogen) atoms. The van der Waals surface area contributed by atoms with E-state index in [4.69, 9.17) is 11.6 Å². The predicted octanol–water partition coefficient (Wildman–Crippen LogP) is 5.60. The number of rotatable bonds is 5. The molecule has 0 spiro atoms. The van der Waals surface area contributed by atoms with E-state index in [0.717, 1.165) is 34.6 Å². The highest BCUT2D eigenvalue weighted by Crippen LogP contribution is 2.38. The van der Waals surface area contributed by atoms with Crippen molar-refractivity contribution < 1.29 is 22.4 Å². The number of anilines is 1. The summed E-state index contributed by atoms with van der Waals surface area (Å²) in [7, 11) is 0. The zero-order chi connectivity index (χ0) is 22.1. The number of halogens is 5. The fourth-order valence-corrected chi connectivity index (χ4v) is 3.66. The topological polar surface area (TPSA) is 59.0 Å². The van der Waals surface area contributed by atoms with Crippen molar-refractivity contribution in [1.29, 1.82) is 0 Å². The fourth-order valence-electron chi connectivity index (χ4n) is 2.70. The molecule has 0 saturated heterocycles. The first-order chi connectivity index (χ1) is 14.1. The first kappa shape index (κ1) is 22.1. The van der Waals surface area contributed by atoms with Gasteiger partial charge < -0.3 is 4.90 Å². The quantitative estimate of drug-likeness (QED) is 0.467. The SMILES string of the molecule is CC(C)C(=O)N(Cc1cnc(Cl)s1)c1ccc(-c2cncc(F)c2)nc1C(F)(F)F. The number of pyridine rings is 2. The third-order valence-corrected chi connectivity index (χ3v) is 5.13. The predicted molar refractivity (Wildman–Crippen MR) is 106 cm³/mol. The van der Waals surface area contributed by atoms with Crippen LogP contribution >= 0.6 is 22.9 Å². The highest BCUT2D eigenvalue weighted by atomic mass is 35.5. The molecular weight excluding hydrogens is 444 g/mol. The monoisotopic (exact) mass is 458 g/mol. The fraction of sp³-hybridized carbons (Fsp3) is 0.263. The van der Waals surface area contributed by atoms with Crippen molar-refractivity contribution in [1.82, 2.24) is 15.0 Å². The van der Waals surface area contributed by atoms with Crippen LogP contribution < -0.4 is 4.90 Å². The van der Waals surface area contributed by atoms with Gasteiger partial charge in [-0.1, -0.05) is 25.4 Å². The van der Waals surface area contributed by atoms with E-state index >= 15 is 0 Å². The van der Waals surface area contributed by atoms with Crippen LogP contribution in [-0.2, 0) is 17.5 Å². The Kier molecular flexibility index (Phi) is 6.37. The second kappa shape index (κ2) is 8.65. The highest BCUT2D eigenvalue weighted by molar-refractivity contribution is 7.15. The molecule has 0 atom stereocenters. The van der Waals surface area contributed by atoms with Crippen LogP contribution in [0.5, 0.6) is 0 Å². The molecule has 0 saturated carbocycles. The Morgan fingerprint density at radius 2 is 1.97 bits per heavy atom. The molecule has 0 aliphatic carbocycles. The average Bonchev–Trinajstić information content (AvgIpc) is 3.09. The summed E-state index contributed by atoms with van der Waals surface area (Å²) in [4.78, 5) is 25.5. The van der Waals surface area contributed by atoms with Crippen molar-refractivity contribution in [2.45, 2.75) is 26.6 Å². The molecule has 3 rings (SSSR count). The second-order valence-corrected chi connectivity index (χ2v) is 8.31. The van der Waals surface area contributed by atoms with Crippen molar-refractivity contribution in [3.8, 4) is 11.3 Å². The van der Waals surface area contributed by atoms with E-state index in [0.29, 0.717) is 4.88 Å². The lowest BCUT2D eigenvalue weighted by atomic mass is 10.1. The summed E-state index contributed by atoms with van der Waals surface area (Å²) < 4.78 is 55.3. The summed E-state index contributed by atoms with van der Waals surface area (Å²) in [6.07, 6.45) is -1.30. The molecule has 0 N–H and O–H groups in total. The van der Waals surface area contributed by atoms with Crippen LogP contribution in [0.1, 0.15) is 24.4 Å². The molecule has 11 heteroatoms. The largest absolute Gasteiger partial charge is 0.435 e. The van der Waals surface area contributed by atoms with Gasteiger partial charge in [0.1, 0.15) is 5.82 Å². The molecular formula is C19H15ClF4N4OS. The molecule has 5 nitrogen and oxygen atoms in total. The van der Waals surface area contributed by atoms with Gasteiger partial charge in [-0.25, -0.2) is 14.4 Å². The van der Waals surface area contributed by atoms with Gasteiger partial charge >= 0.3 is 6.18 Å².